The molecule has 0 unspecified atom stereocenters. The van der Waals surface area contributed by atoms with E-state index < -0.39 is 0 Å². The van der Waals surface area contributed by atoms with Crippen LogP contribution >= 0.6 is 11.3 Å². The first-order valence-electron chi connectivity index (χ1n) is 20.4. The standard InChI is InChI=1S/C55H34N4S/c1-3-15-37(16-4-1)57-47-23-11-9-21-43(47)45-33-35(27-31-51(45)57)39-29-30-40(36-28-32-52-46(34-36)44-22-10-12-24-48(44)58(52)38-17-5-2-6-18-38)54-53(39)56-55(60-54)59-49-25-13-7-19-41(49)42-20-8-14-26-50(42)59/h1-34H. The first-order valence-corrected chi connectivity index (χ1v) is 21.2. The van der Waals surface area contributed by atoms with E-state index >= 15 is 0 Å². The highest BCUT2D eigenvalue weighted by molar-refractivity contribution is 7.21. The van der Waals surface area contributed by atoms with E-state index in [2.05, 4.69) is 220 Å². The van der Waals surface area contributed by atoms with Crippen molar-refractivity contribution in [3.05, 3.63) is 206 Å². The van der Waals surface area contributed by atoms with Crippen LogP contribution in [0.5, 0.6) is 0 Å². The molecule has 0 N–H and O–H groups in total. The maximum Gasteiger partial charge on any atom is 0.195 e. The Morgan fingerprint density at radius 2 is 0.700 bits per heavy atom. The van der Waals surface area contributed by atoms with Crippen LogP contribution in [0.15, 0.2) is 206 Å². The quantitative estimate of drug-likeness (QED) is 0.171. The molecule has 0 aliphatic heterocycles. The number of hydrogen-bond donors (Lipinski definition) is 0. The molecule has 4 heterocycles. The third-order valence-electron chi connectivity index (χ3n) is 12.3. The van der Waals surface area contributed by atoms with Gasteiger partial charge in [0.2, 0.25) is 0 Å². The van der Waals surface area contributed by atoms with Crippen LogP contribution < -0.4 is 0 Å². The number of hydrogen-bond acceptors (Lipinski definition) is 2. The van der Waals surface area contributed by atoms with E-state index in [1.54, 1.807) is 11.3 Å². The Morgan fingerprint density at radius 1 is 0.317 bits per heavy atom. The van der Waals surface area contributed by atoms with Crippen molar-refractivity contribution in [3.63, 3.8) is 0 Å². The van der Waals surface area contributed by atoms with Crippen LogP contribution in [-0.2, 0) is 0 Å². The average Bonchev–Trinajstić information content (AvgIpc) is 4.07. The van der Waals surface area contributed by atoms with Crippen molar-refractivity contribution in [1.82, 2.24) is 18.7 Å². The molecule has 0 spiro atoms. The lowest BCUT2D eigenvalue weighted by Crippen LogP contribution is -1.93. The summed E-state index contributed by atoms with van der Waals surface area (Å²) in [6.45, 7) is 0. The third-order valence-corrected chi connectivity index (χ3v) is 13.4. The number of benzene rings is 9. The van der Waals surface area contributed by atoms with Gasteiger partial charge in [0.1, 0.15) is 0 Å². The lowest BCUT2D eigenvalue weighted by molar-refractivity contribution is 1.15. The number of fused-ring (bicyclic) bond motifs is 10. The maximum absolute atomic E-state index is 5.64. The minimum Gasteiger partial charge on any atom is -0.309 e. The molecule has 0 saturated heterocycles. The minimum atomic E-state index is 0.958. The van der Waals surface area contributed by atoms with Crippen LogP contribution in [0, 0.1) is 0 Å². The predicted molar refractivity (Wildman–Crippen MR) is 254 cm³/mol. The van der Waals surface area contributed by atoms with Crippen LogP contribution in [0.1, 0.15) is 0 Å². The van der Waals surface area contributed by atoms with E-state index in [1.165, 1.54) is 70.2 Å². The first-order chi connectivity index (χ1) is 29.8. The summed E-state index contributed by atoms with van der Waals surface area (Å²) in [6, 6.07) is 74.7. The Hall–Kier alpha value is -7.73. The van der Waals surface area contributed by atoms with Gasteiger partial charge in [0, 0.05) is 54.8 Å². The van der Waals surface area contributed by atoms with Crippen LogP contribution in [0.3, 0.4) is 0 Å². The van der Waals surface area contributed by atoms with Crippen LogP contribution in [0.4, 0.5) is 0 Å². The molecule has 9 aromatic carbocycles. The molecule has 0 amide bonds. The largest absolute Gasteiger partial charge is 0.309 e. The molecule has 4 aromatic heterocycles. The van der Waals surface area contributed by atoms with Gasteiger partial charge >= 0.3 is 0 Å². The SMILES string of the molecule is c1ccc(-n2c3ccccc3c3cc(-c4ccc(-c5ccc6c(c5)c5ccccc5n6-c5ccccc5)c5sc(-n6c7ccccc7c7ccccc76)nc45)ccc32)cc1. The predicted octanol–water partition coefficient (Wildman–Crippen LogP) is 14.9. The molecule has 0 aliphatic carbocycles. The van der Waals surface area contributed by atoms with Crippen LogP contribution in [-0.4, -0.2) is 18.7 Å². The lowest BCUT2D eigenvalue weighted by Gasteiger charge is -2.10. The van der Waals surface area contributed by atoms with Gasteiger partial charge in [-0.2, -0.15) is 0 Å². The number of thiazole rings is 1. The maximum atomic E-state index is 5.64. The van der Waals surface area contributed by atoms with E-state index in [0.29, 0.717) is 0 Å². The molecule has 280 valence electrons. The zero-order chi connectivity index (χ0) is 39.3. The summed E-state index contributed by atoms with van der Waals surface area (Å²) in [6.07, 6.45) is 0. The molecule has 60 heavy (non-hydrogen) atoms. The summed E-state index contributed by atoms with van der Waals surface area (Å²) in [5.74, 6) is 0. The van der Waals surface area contributed by atoms with Crippen molar-refractivity contribution in [2.24, 2.45) is 0 Å². The van der Waals surface area contributed by atoms with Gasteiger partial charge in [0.05, 0.1) is 43.3 Å². The fourth-order valence-corrected chi connectivity index (χ4v) is 10.8. The van der Waals surface area contributed by atoms with Gasteiger partial charge in [-0.25, -0.2) is 4.98 Å². The van der Waals surface area contributed by atoms with Gasteiger partial charge in [-0.15, -0.1) is 0 Å². The minimum absolute atomic E-state index is 0.958. The Labute approximate surface area is 349 Å². The molecule has 5 heteroatoms. The first kappa shape index (κ1) is 33.3. The Kier molecular flexibility index (Phi) is 7.14. The van der Waals surface area contributed by atoms with Gasteiger partial charge in [0.15, 0.2) is 5.13 Å². The number of aromatic nitrogens is 4. The van der Waals surface area contributed by atoms with Crippen molar-refractivity contribution >= 4 is 87.0 Å². The van der Waals surface area contributed by atoms with Crippen molar-refractivity contribution in [2.45, 2.75) is 0 Å². The van der Waals surface area contributed by atoms with Crippen LogP contribution in [0.2, 0.25) is 0 Å². The zero-order valence-corrected chi connectivity index (χ0v) is 33.1. The highest BCUT2D eigenvalue weighted by Gasteiger charge is 2.22. The monoisotopic (exact) mass is 782 g/mol. The van der Waals surface area contributed by atoms with Crippen molar-refractivity contribution in [2.75, 3.05) is 0 Å². The van der Waals surface area contributed by atoms with Crippen molar-refractivity contribution in [1.29, 1.82) is 0 Å². The van der Waals surface area contributed by atoms with Gasteiger partial charge in [0.25, 0.3) is 0 Å². The second-order valence-corrected chi connectivity index (χ2v) is 16.5. The number of rotatable bonds is 5. The molecule has 4 nitrogen and oxygen atoms in total. The van der Waals surface area contributed by atoms with Gasteiger partial charge in [-0.3, -0.25) is 4.57 Å². The fraction of sp³-hybridized carbons (Fsp3) is 0. The molecule has 0 saturated carbocycles. The topological polar surface area (TPSA) is 27.7 Å². The Bertz CT molecular complexity index is 3580. The molecule has 0 bridgehead atoms. The summed E-state index contributed by atoms with van der Waals surface area (Å²) in [7, 11) is 0. The molecular weight excluding hydrogens is 749 g/mol. The summed E-state index contributed by atoms with van der Waals surface area (Å²) in [5, 5.41) is 8.35. The zero-order valence-electron chi connectivity index (χ0n) is 32.3. The van der Waals surface area contributed by atoms with Crippen molar-refractivity contribution < 1.29 is 0 Å². The Morgan fingerprint density at radius 3 is 1.20 bits per heavy atom. The fourth-order valence-electron chi connectivity index (χ4n) is 9.67. The molecule has 0 radical (unpaired) electrons. The molecule has 0 atom stereocenters. The summed E-state index contributed by atoms with van der Waals surface area (Å²) >= 11 is 1.78. The van der Waals surface area contributed by atoms with Gasteiger partial charge in [-0.1, -0.05) is 145 Å². The molecule has 0 fully saturated rings. The van der Waals surface area contributed by atoms with E-state index in [4.69, 9.17) is 4.98 Å². The summed E-state index contributed by atoms with van der Waals surface area (Å²) in [4.78, 5) is 5.64. The number of para-hydroxylation sites is 6. The highest BCUT2D eigenvalue weighted by Crippen LogP contribution is 2.45. The second-order valence-electron chi connectivity index (χ2n) is 15.5. The van der Waals surface area contributed by atoms with Gasteiger partial charge < -0.3 is 9.13 Å². The molecule has 13 rings (SSSR count). The van der Waals surface area contributed by atoms with Crippen LogP contribution in [0.25, 0.3) is 114 Å². The second kappa shape index (κ2) is 12.9. The third kappa shape index (κ3) is 4.81. The number of nitrogens with zero attached hydrogens (tertiary/aromatic N) is 4. The molecule has 13 aromatic rings. The molecular formula is C55H34N4S. The van der Waals surface area contributed by atoms with Gasteiger partial charge in [-0.05, 0) is 83.9 Å². The normalized spacial score (nSPS) is 12.0. The average molecular weight is 783 g/mol. The molecule has 0 aliphatic rings. The van der Waals surface area contributed by atoms with E-state index in [-0.39, 0.29) is 0 Å². The lowest BCUT2D eigenvalue weighted by atomic mass is 9.97. The van der Waals surface area contributed by atoms with E-state index in [1.807, 2.05) is 0 Å². The van der Waals surface area contributed by atoms with Crippen molar-refractivity contribution in [3.8, 4) is 38.8 Å². The van der Waals surface area contributed by atoms with E-state index in [9.17, 15) is 0 Å². The smallest absolute Gasteiger partial charge is 0.195 e. The summed E-state index contributed by atoms with van der Waals surface area (Å²) in [5.41, 5.74) is 15.0. The summed E-state index contributed by atoms with van der Waals surface area (Å²) < 4.78 is 8.28. The van der Waals surface area contributed by atoms with E-state index in [0.717, 1.165) is 44.2 Å². The Balaban J connectivity index is 1.07. The highest BCUT2D eigenvalue weighted by atomic mass is 32.1.